The molecule has 0 spiro atoms. The molecule has 0 unspecified atom stereocenters. The highest BCUT2D eigenvalue weighted by atomic mass is 79.9. The van der Waals surface area contributed by atoms with Gasteiger partial charge in [0.25, 0.3) is 0 Å². The van der Waals surface area contributed by atoms with E-state index in [0.717, 1.165) is 14.7 Å². The molecule has 0 saturated carbocycles. The van der Waals surface area contributed by atoms with Gasteiger partial charge in [0.1, 0.15) is 0 Å². The van der Waals surface area contributed by atoms with Gasteiger partial charge < -0.3 is 5.73 Å². The van der Waals surface area contributed by atoms with Crippen LogP contribution in [0, 0.1) is 0 Å². The molecule has 1 atom stereocenters. The van der Waals surface area contributed by atoms with Gasteiger partial charge in [0.2, 0.25) is 0 Å². The molecule has 0 aromatic carbocycles. The largest absolute Gasteiger partial charge is 0.323 e. The van der Waals surface area contributed by atoms with Gasteiger partial charge in [0.15, 0.2) is 0 Å². The second-order valence-electron chi connectivity index (χ2n) is 2.29. The van der Waals surface area contributed by atoms with Crippen molar-refractivity contribution in [1.29, 1.82) is 0 Å². The highest BCUT2D eigenvalue weighted by molar-refractivity contribution is 9.13. The SMILES string of the molecule is CC[C@H](N)c1cc(Br)c(Br)s1.Cl. The summed E-state index contributed by atoms with van der Waals surface area (Å²) < 4.78 is 2.22. The van der Waals surface area contributed by atoms with Crippen LogP contribution in [0.2, 0.25) is 0 Å². The van der Waals surface area contributed by atoms with Crippen molar-refractivity contribution in [2.24, 2.45) is 5.73 Å². The average molecular weight is 335 g/mol. The summed E-state index contributed by atoms with van der Waals surface area (Å²) in [4.78, 5) is 1.23. The minimum absolute atomic E-state index is 0. The maximum Gasteiger partial charge on any atom is 0.0843 e. The quantitative estimate of drug-likeness (QED) is 0.865. The van der Waals surface area contributed by atoms with E-state index < -0.39 is 0 Å². The fraction of sp³-hybridized carbons (Fsp3) is 0.429. The molecular weight excluding hydrogens is 325 g/mol. The summed E-state index contributed by atoms with van der Waals surface area (Å²) in [6.45, 7) is 2.09. The lowest BCUT2D eigenvalue weighted by Crippen LogP contribution is -2.05. The molecule has 0 fully saturated rings. The zero-order valence-electron chi connectivity index (χ0n) is 6.51. The van der Waals surface area contributed by atoms with E-state index in [0.29, 0.717) is 0 Å². The first-order chi connectivity index (χ1) is 5.15. The Labute approximate surface area is 99.4 Å². The molecule has 70 valence electrons. The van der Waals surface area contributed by atoms with E-state index in [4.69, 9.17) is 5.73 Å². The standard InChI is InChI=1S/C7H9Br2NS.ClH/c1-2-5(10)6-3-4(8)7(9)11-6;/h3,5H,2,10H2,1H3;1H/t5-;/m0./s1. The molecule has 0 aliphatic carbocycles. The number of hydrogen-bond acceptors (Lipinski definition) is 2. The van der Waals surface area contributed by atoms with Gasteiger partial charge in [-0.3, -0.25) is 0 Å². The first-order valence-electron chi connectivity index (χ1n) is 3.35. The molecular formula is C7H10Br2ClNS. The molecule has 0 radical (unpaired) electrons. The first kappa shape index (κ1) is 12.9. The molecule has 0 saturated heterocycles. The van der Waals surface area contributed by atoms with E-state index in [1.807, 2.05) is 0 Å². The maximum absolute atomic E-state index is 5.85. The Morgan fingerprint density at radius 2 is 2.17 bits per heavy atom. The van der Waals surface area contributed by atoms with Crippen LogP contribution in [-0.2, 0) is 0 Å². The molecule has 12 heavy (non-hydrogen) atoms. The molecule has 1 nitrogen and oxygen atoms in total. The average Bonchev–Trinajstić information content (AvgIpc) is 2.31. The van der Waals surface area contributed by atoms with Crippen LogP contribution in [-0.4, -0.2) is 0 Å². The molecule has 5 heteroatoms. The second kappa shape index (κ2) is 5.60. The van der Waals surface area contributed by atoms with Crippen molar-refractivity contribution in [3.05, 3.63) is 19.2 Å². The molecule has 2 N–H and O–H groups in total. The van der Waals surface area contributed by atoms with Crippen molar-refractivity contribution in [3.8, 4) is 0 Å². The zero-order valence-corrected chi connectivity index (χ0v) is 11.3. The van der Waals surface area contributed by atoms with Gasteiger partial charge in [-0.15, -0.1) is 23.7 Å². The molecule has 1 aromatic rings. The van der Waals surface area contributed by atoms with E-state index in [-0.39, 0.29) is 18.4 Å². The van der Waals surface area contributed by atoms with Crippen LogP contribution in [0.1, 0.15) is 24.3 Å². The number of thiophene rings is 1. The summed E-state index contributed by atoms with van der Waals surface area (Å²) in [5, 5.41) is 0. The summed E-state index contributed by atoms with van der Waals surface area (Å²) in [6.07, 6.45) is 0.986. The highest BCUT2D eigenvalue weighted by Crippen LogP contribution is 2.35. The van der Waals surface area contributed by atoms with Crippen molar-refractivity contribution >= 4 is 55.6 Å². The van der Waals surface area contributed by atoms with Crippen LogP contribution in [0.4, 0.5) is 0 Å². The number of halogens is 3. The topological polar surface area (TPSA) is 26.0 Å². The molecule has 0 bridgehead atoms. The Balaban J connectivity index is 0.00000121. The summed E-state index contributed by atoms with van der Waals surface area (Å²) >= 11 is 8.54. The van der Waals surface area contributed by atoms with Crippen LogP contribution in [0.5, 0.6) is 0 Å². The Kier molecular flexibility index (Phi) is 6.03. The third kappa shape index (κ3) is 3.00. The van der Waals surface area contributed by atoms with Crippen LogP contribution in [0.25, 0.3) is 0 Å². The van der Waals surface area contributed by atoms with E-state index in [1.165, 1.54) is 4.88 Å². The van der Waals surface area contributed by atoms with Crippen molar-refractivity contribution in [2.75, 3.05) is 0 Å². The van der Waals surface area contributed by atoms with E-state index >= 15 is 0 Å². The van der Waals surface area contributed by atoms with Gasteiger partial charge in [-0.2, -0.15) is 0 Å². The summed E-state index contributed by atoms with van der Waals surface area (Å²) in [5.41, 5.74) is 5.85. The van der Waals surface area contributed by atoms with Crippen molar-refractivity contribution < 1.29 is 0 Å². The smallest absolute Gasteiger partial charge is 0.0843 e. The Bertz CT molecular complexity index is 232. The van der Waals surface area contributed by atoms with E-state index in [1.54, 1.807) is 11.3 Å². The Morgan fingerprint density at radius 1 is 1.58 bits per heavy atom. The highest BCUT2D eigenvalue weighted by Gasteiger charge is 2.09. The number of hydrogen-bond donors (Lipinski definition) is 1. The Hall–Kier alpha value is 0.910. The van der Waals surface area contributed by atoms with Crippen molar-refractivity contribution in [1.82, 2.24) is 0 Å². The summed E-state index contributed by atoms with van der Waals surface area (Å²) in [7, 11) is 0. The fourth-order valence-corrected chi connectivity index (χ4v) is 2.92. The first-order valence-corrected chi connectivity index (χ1v) is 5.75. The minimum atomic E-state index is 0. The lowest BCUT2D eigenvalue weighted by Gasteiger charge is -2.02. The van der Waals surface area contributed by atoms with Crippen LogP contribution >= 0.6 is 55.6 Å². The molecule has 0 aliphatic rings. The lowest BCUT2D eigenvalue weighted by atomic mass is 10.2. The van der Waals surface area contributed by atoms with Crippen molar-refractivity contribution in [2.45, 2.75) is 19.4 Å². The van der Waals surface area contributed by atoms with Gasteiger partial charge in [-0.25, -0.2) is 0 Å². The van der Waals surface area contributed by atoms with E-state index in [2.05, 4.69) is 44.8 Å². The van der Waals surface area contributed by atoms with Gasteiger partial charge in [-0.1, -0.05) is 6.92 Å². The third-order valence-corrected chi connectivity index (χ3v) is 4.86. The second-order valence-corrected chi connectivity index (χ2v) is 5.54. The summed E-state index contributed by atoms with van der Waals surface area (Å²) in [6, 6.07) is 2.26. The molecule has 1 aromatic heterocycles. The van der Waals surface area contributed by atoms with Gasteiger partial charge in [0, 0.05) is 15.4 Å². The number of rotatable bonds is 2. The molecule has 0 amide bonds. The molecule has 0 aliphatic heterocycles. The maximum atomic E-state index is 5.85. The monoisotopic (exact) mass is 333 g/mol. The fourth-order valence-electron chi connectivity index (χ4n) is 0.747. The summed E-state index contributed by atoms with van der Waals surface area (Å²) in [5.74, 6) is 0. The predicted molar refractivity (Wildman–Crippen MR) is 64.2 cm³/mol. The predicted octanol–water partition coefficient (Wildman–Crippen LogP) is 4.10. The number of nitrogens with two attached hydrogens (primary N) is 1. The normalized spacial score (nSPS) is 12.3. The van der Waals surface area contributed by atoms with Gasteiger partial charge in [0.05, 0.1) is 3.79 Å². The van der Waals surface area contributed by atoms with Crippen LogP contribution in [0.15, 0.2) is 14.3 Å². The third-order valence-electron chi connectivity index (χ3n) is 1.47. The minimum Gasteiger partial charge on any atom is -0.323 e. The van der Waals surface area contributed by atoms with Gasteiger partial charge in [-0.05, 0) is 44.3 Å². The lowest BCUT2D eigenvalue weighted by molar-refractivity contribution is 0.712. The Morgan fingerprint density at radius 3 is 2.50 bits per heavy atom. The molecule has 1 heterocycles. The van der Waals surface area contributed by atoms with Crippen LogP contribution in [0.3, 0.4) is 0 Å². The molecule has 1 rings (SSSR count). The zero-order chi connectivity index (χ0) is 8.43. The van der Waals surface area contributed by atoms with Crippen molar-refractivity contribution in [3.63, 3.8) is 0 Å². The van der Waals surface area contributed by atoms with Gasteiger partial charge >= 0.3 is 0 Å². The van der Waals surface area contributed by atoms with E-state index in [9.17, 15) is 0 Å². The van der Waals surface area contributed by atoms with Crippen LogP contribution < -0.4 is 5.73 Å².